The summed E-state index contributed by atoms with van der Waals surface area (Å²) in [5.74, 6) is 0.124. The number of hydrogen-bond acceptors (Lipinski definition) is 2. The molecular formula is C17H17IN2O. The lowest BCUT2D eigenvalue weighted by Crippen LogP contribution is -2.40. The zero-order chi connectivity index (χ0) is 14.8. The number of carbonyl (C=O) groups excluding carboxylic acids is 1. The molecule has 0 aromatic heterocycles. The minimum atomic E-state index is -0.240. The molecule has 1 aliphatic heterocycles. The Morgan fingerprint density at radius 2 is 1.90 bits per heavy atom. The van der Waals surface area contributed by atoms with Crippen LogP contribution in [0.3, 0.4) is 0 Å². The largest absolute Gasteiger partial charge is 0.374 e. The Balaban J connectivity index is 1.72. The monoisotopic (exact) mass is 392 g/mol. The van der Waals surface area contributed by atoms with Gasteiger partial charge in [0.05, 0.1) is 0 Å². The number of amides is 1. The van der Waals surface area contributed by atoms with E-state index in [1.165, 1.54) is 9.13 Å². The van der Waals surface area contributed by atoms with Crippen LogP contribution in [0.15, 0.2) is 48.5 Å². The second kappa shape index (κ2) is 6.05. The fourth-order valence-electron chi connectivity index (χ4n) is 2.66. The van der Waals surface area contributed by atoms with Crippen LogP contribution in [0.25, 0.3) is 0 Å². The van der Waals surface area contributed by atoms with Crippen LogP contribution in [-0.4, -0.2) is 18.5 Å². The molecule has 1 aliphatic rings. The Kier molecular flexibility index (Phi) is 4.14. The van der Waals surface area contributed by atoms with Gasteiger partial charge in [-0.05, 0) is 71.8 Å². The molecule has 1 heterocycles. The van der Waals surface area contributed by atoms with Crippen molar-refractivity contribution in [3.05, 3.63) is 57.7 Å². The van der Waals surface area contributed by atoms with E-state index in [1.807, 2.05) is 54.3 Å². The molecular weight excluding hydrogens is 375 g/mol. The van der Waals surface area contributed by atoms with Crippen LogP contribution < -0.4 is 10.2 Å². The van der Waals surface area contributed by atoms with Crippen molar-refractivity contribution in [3.63, 3.8) is 0 Å². The highest BCUT2D eigenvalue weighted by molar-refractivity contribution is 14.1. The average Bonchev–Trinajstić information content (AvgIpc) is 2.92. The van der Waals surface area contributed by atoms with E-state index < -0.39 is 0 Å². The second-order valence-electron chi connectivity index (χ2n) is 5.24. The number of rotatable bonds is 3. The maximum absolute atomic E-state index is 12.6. The lowest BCUT2D eigenvalue weighted by molar-refractivity contribution is -0.118. The van der Waals surface area contributed by atoms with Crippen LogP contribution in [0, 0.1) is 3.57 Å². The van der Waals surface area contributed by atoms with Crippen molar-refractivity contribution in [3.8, 4) is 0 Å². The molecule has 0 saturated carbocycles. The summed E-state index contributed by atoms with van der Waals surface area (Å²) in [6.07, 6.45) is 0.943. The Morgan fingerprint density at radius 1 is 1.19 bits per heavy atom. The minimum absolute atomic E-state index is 0.124. The van der Waals surface area contributed by atoms with Gasteiger partial charge in [-0.15, -0.1) is 0 Å². The lowest BCUT2D eigenvalue weighted by atomic mass is 10.2. The third kappa shape index (κ3) is 3.05. The summed E-state index contributed by atoms with van der Waals surface area (Å²) in [5, 5.41) is 3.28. The SMILES string of the molecule is C[C@@H](Nc1ccc(I)cc1)C(=O)N1CCc2ccccc21. The van der Waals surface area contributed by atoms with E-state index in [2.05, 4.69) is 34.0 Å². The predicted octanol–water partition coefficient (Wildman–Crippen LogP) is 3.68. The van der Waals surface area contributed by atoms with Crippen molar-refractivity contribution >= 4 is 39.9 Å². The van der Waals surface area contributed by atoms with Crippen molar-refractivity contribution in [1.29, 1.82) is 0 Å². The minimum Gasteiger partial charge on any atom is -0.374 e. The van der Waals surface area contributed by atoms with Crippen molar-refractivity contribution in [1.82, 2.24) is 0 Å². The van der Waals surface area contributed by atoms with E-state index >= 15 is 0 Å². The number of nitrogens with zero attached hydrogens (tertiary/aromatic N) is 1. The Labute approximate surface area is 138 Å². The molecule has 1 amide bonds. The van der Waals surface area contributed by atoms with Crippen LogP contribution in [0.4, 0.5) is 11.4 Å². The van der Waals surface area contributed by atoms with Crippen molar-refractivity contribution in [2.75, 3.05) is 16.8 Å². The summed E-state index contributed by atoms with van der Waals surface area (Å²) < 4.78 is 1.19. The first-order valence-corrected chi connectivity index (χ1v) is 8.14. The zero-order valence-corrected chi connectivity index (χ0v) is 14.0. The highest BCUT2D eigenvalue weighted by Gasteiger charge is 2.27. The normalized spacial score (nSPS) is 14.7. The molecule has 1 N–H and O–H groups in total. The van der Waals surface area contributed by atoms with E-state index in [4.69, 9.17) is 0 Å². The molecule has 0 aliphatic carbocycles. The van der Waals surface area contributed by atoms with Gasteiger partial charge in [-0.3, -0.25) is 4.79 Å². The van der Waals surface area contributed by atoms with Gasteiger partial charge < -0.3 is 10.2 Å². The summed E-state index contributed by atoms with van der Waals surface area (Å²) in [6, 6.07) is 16.0. The Morgan fingerprint density at radius 3 is 2.67 bits per heavy atom. The van der Waals surface area contributed by atoms with Crippen molar-refractivity contribution < 1.29 is 4.79 Å². The van der Waals surface area contributed by atoms with Gasteiger partial charge >= 0.3 is 0 Å². The molecule has 3 rings (SSSR count). The molecule has 0 bridgehead atoms. The number of hydrogen-bond donors (Lipinski definition) is 1. The Hall–Kier alpha value is -1.56. The van der Waals surface area contributed by atoms with Gasteiger partial charge in [0.25, 0.3) is 0 Å². The first-order chi connectivity index (χ1) is 10.1. The van der Waals surface area contributed by atoms with Crippen LogP contribution in [0.2, 0.25) is 0 Å². The molecule has 0 fully saturated rings. The quantitative estimate of drug-likeness (QED) is 0.809. The van der Waals surface area contributed by atoms with Gasteiger partial charge in [0.1, 0.15) is 6.04 Å². The summed E-state index contributed by atoms with van der Waals surface area (Å²) in [6.45, 7) is 2.69. The van der Waals surface area contributed by atoms with Gasteiger partial charge in [-0.1, -0.05) is 18.2 Å². The average molecular weight is 392 g/mol. The van der Waals surface area contributed by atoms with E-state index in [-0.39, 0.29) is 11.9 Å². The first-order valence-electron chi connectivity index (χ1n) is 7.06. The first kappa shape index (κ1) is 14.4. The van der Waals surface area contributed by atoms with Gasteiger partial charge in [0.2, 0.25) is 5.91 Å². The van der Waals surface area contributed by atoms with Gasteiger partial charge in [0.15, 0.2) is 0 Å². The maximum atomic E-state index is 12.6. The molecule has 2 aromatic carbocycles. The molecule has 1 atom stereocenters. The van der Waals surface area contributed by atoms with Crippen molar-refractivity contribution in [2.45, 2.75) is 19.4 Å². The van der Waals surface area contributed by atoms with E-state index in [0.29, 0.717) is 0 Å². The van der Waals surface area contributed by atoms with E-state index in [1.54, 1.807) is 0 Å². The number of carbonyl (C=O) groups is 1. The zero-order valence-electron chi connectivity index (χ0n) is 11.8. The highest BCUT2D eigenvalue weighted by Crippen LogP contribution is 2.28. The van der Waals surface area contributed by atoms with E-state index in [0.717, 1.165) is 24.3 Å². The van der Waals surface area contributed by atoms with E-state index in [9.17, 15) is 4.79 Å². The number of benzene rings is 2. The molecule has 4 heteroatoms. The third-order valence-electron chi connectivity index (χ3n) is 3.75. The molecule has 2 aromatic rings. The predicted molar refractivity (Wildman–Crippen MR) is 94.7 cm³/mol. The van der Waals surface area contributed by atoms with Crippen LogP contribution in [-0.2, 0) is 11.2 Å². The summed E-state index contributed by atoms with van der Waals surface area (Å²) in [4.78, 5) is 14.5. The number of fused-ring (bicyclic) bond motifs is 1. The molecule has 0 spiro atoms. The molecule has 3 nitrogen and oxygen atoms in total. The molecule has 0 saturated heterocycles. The molecule has 21 heavy (non-hydrogen) atoms. The molecule has 0 radical (unpaired) electrons. The summed E-state index contributed by atoms with van der Waals surface area (Å²) in [5.41, 5.74) is 3.29. The van der Waals surface area contributed by atoms with Gasteiger partial charge in [-0.25, -0.2) is 0 Å². The number of anilines is 2. The van der Waals surface area contributed by atoms with Crippen LogP contribution >= 0.6 is 22.6 Å². The molecule has 108 valence electrons. The highest BCUT2D eigenvalue weighted by atomic mass is 127. The van der Waals surface area contributed by atoms with Crippen LogP contribution in [0.1, 0.15) is 12.5 Å². The fourth-order valence-corrected chi connectivity index (χ4v) is 3.02. The summed E-state index contributed by atoms with van der Waals surface area (Å²) >= 11 is 2.27. The molecule has 0 unspecified atom stereocenters. The Bertz CT molecular complexity index is 654. The maximum Gasteiger partial charge on any atom is 0.249 e. The number of para-hydroxylation sites is 1. The smallest absolute Gasteiger partial charge is 0.249 e. The number of nitrogens with one attached hydrogen (secondary N) is 1. The van der Waals surface area contributed by atoms with Gasteiger partial charge in [-0.2, -0.15) is 0 Å². The van der Waals surface area contributed by atoms with Crippen LogP contribution in [0.5, 0.6) is 0 Å². The fraction of sp³-hybridized carbons (Fsp3) is 0.235. The topological polar surface area (TPSA) is 32.3 Å². The third-order valence-corrected chi connectivity index (χ3v) is 4.47. The standard InChI is InChI=1S/C17H17IN2O/c1-12(19-15-8-6-14(18)7-9-15)17(21)20-11-10-13-4-2-3-5-16(13)20/h2-9,12,19H,10-11H2,1H3/t12-/m1/s1. The lowest BCUT2D eigenvalue weighted by Gasteiger charge is -2.23. The second-order valence-corrected chi connectivity index (χ2v) is 6.49. The van der Waals surface area contributed by atoms with Crippen molar-refractivity contribution in [2.24, 2.45) is 0 Å². The van der Waals surface area contributed by atoms with Gasteiger partial charge in [0, 0.05) is 21.5 Å². The number of halogens is 1. The summed E-state index contributed by atoms with van der Waals surface area (Å²) in [7, 11) is 0.